The lowest BCUT2D eigenvalue weighted by atomic mass is 10.7. The van der Waals surface area contributed by atoms with Crippen molar-refractivity contribution < 1.29 is 24.3 Å². The minimum absolute atomic E-state index is 0.0509. The smallest absolute Gasteiger partial charge is 0.339 e. The van der Waals surface area contributed by atoms with Crippen molar-refractivity contribution in [2.75, 3.05) is 26.9 Å². The Bertz CT molecular complexity index is 374. The van der Waals surface area contributed by atoms with Crippen molar-refractivity contribution >= 4 is 25.5 Å². The highest BCUT2D eigenvalue weighted by Crippen LogP contribution is 2.31. The third-order valence-corrected chi connectivity index (χ3v) is 1.89. The molecule has 0 saturated heterocycles. The molecule has 0 spiro atoms. The summed E-state index contributed by atoms with van der Waals surface area (Å²) >= 11 is 0. The number of guanidine groups is 2. The number of aliphatic imine (C=N–C) groups is 1. The molecule has 9 N–H and O–H groups in total. The van der Waals surface area contributed by atoms with Crippen LogP contribution in [0.4, 0.5) is 0 Å². The molecule has 0 aliphatic rings. The number of aliphatic carboxylic acids is 1. The molecule has 0 aromatic rings. The Hall–Kier alpha value is -1.68. The van der Waals surface area contributed by atoms with E-state index in [4.69, 9.17) is 31.8 Å². The van der Waals surface area contributed by atoms with E-state index in [9.17, 15) is 9.36 Å². The van der Waals surface area contributed by atoms with Gasteiger partial charge in [0.2, 0.25) is 5.96 Å². The molecule has 0 radical (unpaired) electrons. The average molecular weight is 298 g/mol. The third-order valence-electron chi connectivity index (χ3n) is 1.25. The Balaban J connectivity index is 0. The third kappa shape index (κ3) is 18.9. The number of nitrogens with zero attached hydrogens (tertiary/aromatic N) is 2. The topological polar surface area (TPSA) is 198 Å². The van der Waals surface area contributed by atoms with E-state index in [-0.39, 0.29) is 11.9 Å². The predicted octanol–water partition coefficient (Wildman–Crippen LogP) is -2.45. The summed E-state index contributed by atoms with van der Waals surface area (Å²) in [4.78, 5) is 31.1. The quantitative estimate of drug-likeness (QED) is 0.167. The summed E-state index contributed by atoms with van der Waals surface area (Å²) in [5.41, 5.74) is 9.98. The van der Waals surface area contributed by atoms with Gasteiger partial charge in [-0.25, -0.2) is 0 Å². The van der Waals surface area contributed by atoms with E-state index in [0.29, 0.717) is 0 Å². The van der Waals surface area contributed by atoms with Crippen LogP contribution in [0.3, 0.4) is 0 Å². The highest BCUT2D eigenvalue weighted by atomic mass is 31.2. The Kier molecular flexibility index (Phi) is 9.60. The zero-order valence-corrected chi connectivity index (χ0v) is 11.5. The van der Waals surface area contributed by atoms with E-state index in [2.05, 4.69) is 10.3 Å². The maximum absolute atomic E-state index is 10.1. The fraction of sp³-hybridized carbons (Fsp3) is 0.571. The lowest BCUT2D eigenvalue weighted by Crippen LogP contribution is -2.28. The van der Waals surface area contributed by atoms with Crippen LogP contribution in [0.2, 0.25) is 0 Å². The highest BCUT2D eigenvalue weighted by Gasteiger charge is 2.11. The van der Waals surface area contributed by atoms with E-state index >= 15 is 0 Å². The summed E-state index contributed by atoms with van der Waals surface area (Å²) < 4.78 is 10.1. The zero-order valence-electron chi connectivity index (χ0n) is 10.6. The van der Waals surface area contributed by atoms with Crippen LogP contribution in [0.5, 0.6) is 0 Å². The number of carboxylic acids is 1. The van der Waals surface area contributed by atoms with Crippen LogP contribution in [0.1, 0.15) is 0 Å². The lowest BCUT2D eigenvalue weighted by Gasteiger charge is -2.07. The molecule has 0 aromatic heterocycles. The van der Waals surface area contributed by atoms with Crippen LogP contribution in [-0.4, -0.2) is 64.6 Å². The number of nitrogens with two attached hydrogens (primary N) is 2. The molecular weight excluding hydrogens is 279 g/mol. The van der Waals surface area contributed by atoms with Gasteiger partial charge in [0, 0.05) is 14.1 Å². The van der Waals surface area contributed by atoms with Crippen molar-refractivity contribution in [1.82, 2.24) is 10.2 Å². The minimum atomic E-state index is -4.10. The van der Waals surface area contributed by atoms with Crippen LogP contribution in [0, 0.1) is 5.41 Å². The molecule has 0 rings (SSSR count). The number of carbonyl (C=O) groups is 1. The summed E-state index contributed by atoms with van der Waals surface area (Å²) in [5.74, 6) is -1.18. The summed E-state index contributed by atoms with van der Waals surface area (Å²) in [5, 5.41) is 17.1. The normalized spacial score (nSPS) is 9.89. The van der Waals surface area contributed by atoms with E-state index < -0.39 is 26.4 Å². The van der Waals surface area contributed by atoms with Crippen molar-refractivity contribution in [3.8, 4) is 0 Å². The molecule has 0 atom stereocenters. The Morgan fingerprint density at radius 3 is 2.11 bits per heavy atom. The number of nitrogens with one attached hydrogen (secondary N) is 2. The Morgan fingerprint density at radius 1 is 1.42 bits per heavy atom. The van der Waals surface area contributed by atoms with Crippen molar-refractivity contribution in [3.63, 3.8) is 0 Å². The second kappa shape index (κ2) is 9.28. The van der Waals surface area contributed by atoms with Gasteiger partial charge in [0.1, 0.15) is 0 Å². The molecule has 0 amide bonds. The lowest BCUT2D eigenvalue weighted by molar-refractivity contribution is -0.135. The Labute approximate surface area is 110 Å². The first kappa shape index (κ1) is 19.7. The zero-order chi connectivity index (χ0) is 15.6. The van der Waals surface area contributed by atoms with Crippen LogP contribution in [-0.2, 0) is 9.36 Å². The minimum Gasteiger partial charge on any atom is -0.480 e. The van der Waals surface area contributed by atoms with Crippen LogP contribution in [0.15, 0.2) is 4.99 Å². The SMILES string of the molecule is CN(C)C(=N)N=C(N)N.O=C(O)CNCP(=O)(O)O. The first-order chi connectivity index (χ1) is 8.45. The second-order valence-corrected chi connectivity index (χ2v) is 5.04. The van der Waals surface area contributed by atoms with Crippen LogP contribution < -0.4 is 16.8 Å². The number of hydrogen-bond donors (Lipinski definition) is 7. The molecule has 0 unspecified atom stereocenters. The van der Waals surface area contributed by atoms with Crippen LogP contribution in [0.25, 0.3) is 0 Å². The van der Waals surface area contributed by atoms with Crippen molar-refractivity contribution in [1.29, 1.82) is 5.41 Å². The fourth-order valence-electron chi connectivity index (χ4n) is 0.531. The van der Waals surface area contributed by atoms with E-state index in [0.717, 1.165) is 0 Å². The largest absolute Gasteiger partial charge is 0.480 e. The molecule has 19 heavy (non-hydrogen) atoms. The van der Waals surface area contributed by atoms with Gasteiger partial charge in [-0.15, -0.1) is 0 Å². The number of hydrogen-bond acceptors (Lipinski definition) is 4. The monoisotopic (exact) mass is 298 g/mol. The van der Waals surface area contributed by atoms with Gasteiger partial charge in [0.05, 0.1) is 12.8 Å². The summed E-state index contributed by atoms with van der Waals surface area (Å²) in [7, 11) is -0.718. The maximum Gasteiger partial charge on any atom is 0.339 e. The molecule has 0 aromatic carbocycles. The van der Waals surface area contributed by atoms with E-state index in [1.807, 2.05) is 0 Å². The van der Waals surface area contributed by atoms with Gasteiger partial charge in [-0.05, 0) is 0 Å². The van der Waals surface area contributed by atoms with Gasteiger partial charge < -0.3 is 31.3 Å². The average Bonchev–Trinajstić information content (AvgIpc) is 2.14. The molecule has 0 bridgehead atoms. The maximum atomic E-state index is 10.1. The van der Waals surface area contributed by atoms with Gasteiger partial charge in [0.25, 0.3) is 0 Å². The molecular formula is C7H19N6O5P. The first-order valence-electron chi connectivity index (χ1n) is 4.78. The molecule has 12 heteroatoms. The van der Waals surface area contributed by atoms with Crippen molar-refractivity contribution in [2.24, 2.45) is 16.5 Å². The van der Waals surface area contributed by atoms with Gasteiger partial charge >= 0.3 is 13.6 Å². The molecule has 112 valence electrons. The van der Waals surface area contributed by atoms with Crippen molar-refractivity contribution in [2.45, 2.75) is 0 Å². The standard InChI is InChI=1S/C4H11N5.C3H8NO5P/c1-9(2)4(7)8-3(5)6;5-3(6)1-4-2-10(7,8)9/h1-2H3,(H5,5,6,7,8);4H,1-2H2,(H,5,6)(H2,7,8,9). The van der Waals surface area contributed by atoms with Crippen molar-refractivity contribution in [3.05, 3.63) is 0 Å². The van der Waals surface area contributed by atoms with Gasteiger partial charge in [0.15, 0.2) is 5.96 Å². The predicted molar refractivity (Wildman–Crippen MR) is 69.8 cm³/mol. The molecule has 0 aliphatic carbocycles. The molecule has 0 saturated carbocycles. The second-order valence-electron chi connectivity index (χ2n) is 3.40. The van der Waals surface area contributed by atoms with Crippen LogP contribution >= 0.6 is 7.60 Å². The highest BCUT2D eigenvalue weighted by molar-refractivity contribution is 7.51. The van der Waals surface area contributed by atoms with E-state index in [1.165, 1.54) is 4.90 Å². The summed E-state index contributed by atoms with van der Waals surface area (Å²) in [6.07, 6.45) is -0.598. The molecule has 0 fully saturated rings. The van der Waals surface area contributed by atoms with Gasteiger partial charge in [-0.1, -0.05) is 0 Å². The summed E-state index contributed by atoms with van der Waals surface area (Å²) in [6.45, 7) is -0.439. The number of carboxylic acid groups (broad SMARTS) is 1. The van der Waals surface area contributed by atoms with E-state index in [1.54, 1.807) is 14.1 Å². The molecule has 11 nitrogen and oxygen atoms in total. The summed E-state index contributed by atoms with van der Waals surface area (Å²) in [6, 6.07) is 0. The molecule has 0 heterocycles. The number of rotatable bonds is 4. The fourth-order valence-corrected chi connectivity index (χ4v) is 0.934. The van der Waals surface area contributed by atoms with Gasteiger partial charge in [-0.2, -0.15) is 4.99 Å². The Morgan fingerprint density at radius 2 is 1.89 bits per heavy atom. The van der Waals surface area contributed by atoms with Gasteiger partial charge in [-0.3, -0.25) is 20.1 Å². The first-order valence-corrected chi connectivity index (χ1v) is 6.58. The molecule has 0 aliphatic heterocycles.